The number of allylic oxidation sites excluding steroid dienone is 3. The number of ether oxygens (including phenoxy) is 1. The Labute approximate surface area is 111 Å². The first-order valence-corrected chi connectivity index (χ1v) is 6.81. The molecule has 0 aromatic rings. The summed E-state index contributed by atoms with van der Waals surface area (Å²) >= 11 is 0. The fourth-order valence-corrected chi connectivity index (χ4v) is 2.88. The highest BCUT2D eigenvalue weighted by molar-refractivity contribution is 5.82. The van der Waals surface area contributed by atoms with Gasteiger partial charge in [-0.3, -0.25) is 0 Å². The lowest BCUT2D eigenvalue weighted by atomic mass is 9.71. The summed E-state index contributed by atoms with van der Waals surface area (Å²) in [5.74, 6) is -0.249. The van der Waals surface area contributed by atoms with Crippen LogP contribution in [-0.4, -0.2) is 13.1 Å². The predicted octanol–water partition coefficient (Wildman–Crippen LogP) is 4.41. The van der Waals surface area contributed by atoms with Crippen LogP contribution < -0.4 is 0 Å². The van der Waals surface area contributed by atoms with Gasteiger partial charge < -0.3 is 4.74 Å². The SMILES string of the molecule is COC(=O)C=C(C)CCC1=C(C)CCCC1(C)C. The van der Waals surface area contributed by atoms with E-state index in [1.807, 2.05) is 6.92 Å². The van der Waals surface area contributed by atoms with Crippen LogP contribution in [0.25, 0.3) is 0 Å². The molecule has 0 N–H and O–H groups in total. The second kappa shape index (κ2) is 6.21. The maximum Gasteiger partial charge on any atom is 0.330 e. The minimum atomic E-state index is -0.249. The summed E-state index contributed by atoms with van der Waals surface area (Å²) in [6.45, 7) is 8.94. The number of rotatable bonds is 4. The van der Waals surface area contributed by atoms with Gasteiger partial charge in [0, 0.05) is 6.08 Å². The predicted molar refractivity (Wildman–Crippen MR) is 75.3 cm³/mol. The molecule has 0 aromatic carbocycles. The Kier molecular flexibility index (Phi) is 5.18. The van der Waals surface area contributed by atoms with Crippen molar-refractivity contribution < 1.29 is 9.53 Å². The van der Waals surface area contributed by atoms with E-state index in [9.17, 15) is 4.79 Å². The minimum absolute atomic E-state index is 0.249. The summed E-state index contributed by atoms with van der Waals surface area (Å²) in [5.41, 5.74) is 4.57. The van der Waals surface area contributed by atoms with Gasteiger partial charge >= 0.3 is 5.97 Å². The number of hydrogen-bond acceptors (Lipinski definition) is 2. The van der Waals surface area contributed by atoms with Crippen molar-refractivity contribution in [3.05, 3.63) is 22.8 Å². The van der Waals surface area contributed by atoms with Crippen molar-refractivity contribution in [1.29, 1.82) is 0 Å². The highest BCUT2D eigenvalue weighted by Crippen LogP contribution is 2.42. The van der Waals surface area contributed by atoms with Crippen molar-refractivity contribution in [1.82, 2.24) is 0 Å². The largest absolute Gasteiger partial charge is 0.466 e. The molecule has 18 heavy (non-hydrogen) atoms. The van der Waals surface area contributed by atoms with Gasteiger partial charge in [0.05, 0.1) is 7.11 Å². The average Bonchev–Trinajstić information content (AvgIpc) is 2.27. The fourth-order valence-electron chi connectivity index (χ4n) is 2.88. The van der Waals surface area contributed by atoms with Gasteiger partial charge in [-0.15, -0.1) is 0 Å². The van der Waals surface area contributed by atoms with Gasteiger partial charge in [0.2, 0.25) is 0 Å². The van der Waals surface area contributed by atoms with E-state index >= 15 is 0 Å². The van der Waals surface area contributed by atoms with E-state index in [4.69, 9.17) is 0 Å². The standard InChI is InChI=1S/C16H26O2/c1-12(11-15(17)18-5)8-9-14-13(2)7-6-10-16(14,3)4/h11H,6-10H2,1-5H3. The normalized spacial score (nSPS) is 19.9. The molecule has 0 spiro atoms. The average molecular weight is 250 g/mol. The molecule has 1 aliphatic rings. The number of esters is 1. The van der Waals surface area contributed by atoms with Crippen LogP contribution in [0.2, 0.25) is 0 Å². The Balaban J connectivity index is 2.67. The molecule has 0 aliphatic heterocycles. The van der Waals surface area contributed by atoms with E-state index in [1.165, 1.54) is 26.4 Å². The molecule has 2 nitrogen and oxygen atoms in total. The first kappa shape index (κ1) is 15.0. The maximum atomic E-state index is 11.2. The van der Waals surface area contributed by atoms with Crippen LogP contribution in [0.15, 0.2) is 22.8 Å². The molecule has 0 amide bonds. The Morgan fingerprint density at radius 2 is 2.11 bits per heavy atom. The lowest BCUT2D eigenvalue weighted by molar-refractivity contribution is -0.134. The summed E-state index contributed by atoms with van der Waals surface area (Å²) in [5, 5.41) is 0. The third-order valence-electron chi connectivity index (χ3n) is 4.02. The van der Waals surface area contributed by atoms with Crippen molar-refractivity contribution in [2.24, 2.45) is 5.41 Å². The first-order chi connectivity index (χ1) is 8.36. The minimum Gasteiger partial charge on any atom is -0.466 e. The molecule has 0 aromatic heterocycles. The summed E-state index contributed by atoms with van der Waals surface area (Å²) in [7, 11) is 1.42. The van der Waals surface area contributed by atoms with Crippen molar-refractivity contribution in [3.8, 4) is 0 Å². The molecule has 0 fully saturated rings. The van der Waals surface area contributed by atoms with Crippen molar-refractivity contribution in [2.45, 2.75) is 59.8 Å². The number of hydrogen-bond donors (Lipinski definition) is 0. The van der Waals surface area contributed by atoms with Crippen molar-refractivity contribution in [2.75, 3.05) is 7.11 Å². The summed E-state index contributed by atoms with van der Waals surface area (Å²) in [4.78, 5) is 11.2. The van der Waals surface area contributed by atoms with E-state index in [0.29, 0.717) is 5.41 Å². The molecule has 1 rings (SSSR count). The third kappa shape index (κ3) is 4.01. The molecule has 0 atom stereocenters. The highest BCUT2D eigenvalue weighted by Gasteiger charge is 2.27. The molecule has 0 heterocycles. The molecule has 102 valence electrons. The summed E-state index contributed by atoms with van der Waals surface area (Å²) in [6, 6.07) is 0. The molecule has 2 heteroatoms. The van der Waals surface area contributed by atoms with Gasteiger partial charge in [0.15, 0.2) is 0 Å². The van der Waals surface area contributed by atoms with E-state index in [0.717, 1.165) is 18.4 Å². The molecule has 1 aliphatic carbocycles. The van der Waals surface area contributed by atoms with E-state index in [1.54, 1.807) is 17.2 Å². The van der Waals surface area contributed by atoms with Gasteiger partial charge in [0.1, 0.15) is 0 Å². The Morgan fingerprint density at radius 1 is 1.44 bits per heavy atom. The number of carbonyl (C=O) groups excluding carboxylic acids is 1. The Hall–Kier alpha value is -1.05. The van der Waals surface area contributed by atoms with E-state index in [2.05, 4.69) is 25.5 Å². The number of methoxy groups -OCH3 is 1. The van der Waals surface area contributed by atoms with Crippen molar-refractivity contribution >= 4 is 5.97 Å². The van der Waals surface area contributed by atoms with Gasteiger partial charge in [-0.25, -0.2) is 4.79 Å². The van der Waals surface area contributed by atoms with E-state index < -0.39 is 0 Å². The molecular weight excluding hydrogens is 224 g/mol. The second-order valence-electron chi connectivity index (χ2n) is 6.01. The van der Waals surface area contributed by atoms with Crippen molar-refractivity contribution in [3.63, 3.8) is 0 Å². The molecule has 0 unspecified atom stereocenters. The maximum absolute atomic E-state index is 11.2. The molecule has 0 saturated heterocycles. The zero-order chi connectivity index (χ0) is 13.8. The lowest BCUT2D eigenvalue weighted by Crippen LogP contribution is -2.20. The van der Waals surface area contributed by atoms with Crippen LogP contribution in [0.5, 0.6) is 0 Å². The Bertz CT molecular complexity index is 373. The lowest BCUT2D eigenvalue weighted by Gasteiger charge is -2.34. The quantitative estimate of drug-likeness (QED) is 0.419. The monoisotopic (exact) mass is 250 g/mol. The zero-order valence-electron chi connectivity index (χ0n) is 12.4. The fraction of sp³-hybridized carbons (Fsp3) is 0.688. The van der Waals surface area contributed by atoms with Gasteiger partial charge in [-0.05, 0) is 51.4 Å². The van der Waals surface area contributed by atoms with Crippen LogP contribution in [0, 0.1) is 5.41 Å². The topological polar surface area (TPSA) is 26.3 Å². The third-order valence-corrected chi connectivity index (χ3v) is 4.02. The second-order valence-corrected chi connectivity index (χ2v) is 6.01. The summed E-state index contributed by atoms with van der Waals surface area (Å²) in [6.07, 6.45) is 7.44. The van der Waals surface area contributed by atoms with Crippen LogP contribution in [0.4, 0.5) is 0 Å². The van der Waals surface area contributed by atoms with Gasteiger partial charge in [-0.2, -0.15) is 0 Å². The van der Waals surface area contributed by atoms with Gasteiger partial charge in [-0.1, -0.05) is 30.6 Å². The van der Waals surface area contributed by atoms with Crippen LogP contribution >= 0.6 is 0 Å². The summed E-state index contributed by atoms with van der Waals surface area (Å²) < 4.78 is 4.65. The first-order valence-electron chi connectivity index (χ1n) is 6.81. The van der Waals surface area contributed by atoms with Gasteiger partial charge in [0.25, 0.3) is 0 Å². The van der Waals surface area contributed by atoms with Crippen LogP contribution in [-0.2, 0) is 9.53 Å². The molecule has 0 saturated carbocycles. The van der Waals surface area contributed by atoms with Crippen LogP contribution in [0.1, 0.15) is 59.8 Å². The van der Waals surface area contributed by atoms with Crippen LogP contribution in [0.3, 0.4) is 0 Å². The molecule has 0 radical (unpaired) electrons. The zero-order valence-corrected chi connectivity index (χ0v) is 12.4. The van der Waals surface area contributed by atoms with E-state index in [-0.39, 0.29) is 5.97 Å². The number of carbonyl (C=O) groups is 1. The molecular formula is C16H26O2. The molecule has 0 bridgehead atoms. The Morgan fingerprint density at radius 3 is 2.67 bits per heavy atom. The highest BCUT2D eigenvalue weighted by atomic mass is 16.5. The smallest absolute Gasteiger partial charge is 0.330 e.